The summed E-state index contributed by atoms with van der Waals surface area (Å²) in [6.07, 6.45) is -0.699. The average Bonchev–Trinajstić information content (AvgIpc) is 2.66. The third-order valence-corrected chi connectivity index (χ3v) is 4.67. The molecule has 0 aromatic heterocycles. The number of hydrogen-bond donors (Lipinski definition) is 2. The molecule has 3 aromatic rings. The molecular weight excluding hydrogens is 318 g/mol. The maximum atomic E-state index is 11.1. The first-order valence-corrected chi connectivity index (χ1v) is 8.90. The van der Waals surface area contributed by atoms with Crippen molar-refractivity contribution in [3.8, 4) is 0 Å². The lowest BCUT2D eigenvalue weighted by Gasteiger charge is -2.22. The SMILES string of the molecule is C/C(Nc1c(C)cccc1C)=C(\c1ccccc1)C(O)c1ccccc1. The van der Waals surface area contributed by atoms with Crippen LogP contribution < -0.4 is 5.32 Å². The second-order valence-corrected chi connectivity index (χ2v) is 6.61. The van der Waals surface area contributed by atoms with E-state index in [4.69, 9.17) is 0 Å². The third-order valence-electron chi connectivity index (χ3n) is 4.67. The number of aryl methyl sites for hydroxylation is 2. The lowest BCUT2D eigenvalue weighted by Crippen LogP contribution is -2.09. The van der Waals surface area contributed by atoms with Crippen LogP contribution in [0.4, 0.5) is 5.69 Å². The van der Waals surface area contributed by atoms with Gasteiger partial charge < -0.3 is 10.4 Å². The van der Waals surface area contributed by atoms with Gasteiger partial charge in [0, 0.05) is 17.0 Å². The molecule has 0 radical (unpaired) electrons. The molecule has 2 nitrogen and oxygen atoms in total. The van der Waals surface area contributed by atoms with E-state index in [0.717, 1.165) is 28.1 Å². The Balaban J connectivity index is 2.09. The van der Waals surface area contributed by atoms with Crippen LogP contribution in [0, 0.1) is 13.8 Å². The fourth-order valence-electron chi connectivity index (χ4n) is 3.27. The quantitative estimate of drug-likeness (QED) is 0.606. The Hall–Kier alpha value is -2.84. The fourth-order valence-corrected chi connectivity index (χ4v) is 3.27. The van der Waals surface area contributed by atoms with Crippen molar-refractivity contribution in [1.29, 1.82) is 0 Å². The molecular formula is C24H25NO. The minimum absolute atomic E-state index is 0.699. The molecule has 0 amide bonds. The first kappa shape index (κ1) is 18.0. The van der Waals surface area contributed by atoms with Gasteiger partial charge in [-0.3, -0.25) is 0 Å². The van der Waals surface area contributed by atoms with E-state index in [1.54, 1.807) is 0 Å². The molecule has 0 aliphatic carbocycles. The summed E-state index contributed by atoms with van der Waals surface area (Å²) in [4.78, 5) is 0. The highest BCUT2D eigenvalue weighted by Crippen LogP contribution is 2.34. The lowest BCUT2D eigenvalue weighted by molar-refractivity contribution is 0.237. The number of para-hydroxylation sites is 1. The van der Waals surface area contributed by atoms with Gasteiger partial charge in [0.25, 0.3) is 0 Å². The van der Waals surface area contributed by atoms with Crippen LogP contribution in [0.15, 0.2) is 84.6 Å². The molecule has 2 heteroatoms. The molecule has 132 valence electrons. The van der Waals surface area contributed by atoms with Gasteiger partial charge in [-0.25, -0.2) is 0 Å². The standard InChI is InChI=1S/C24H25NO/c1-17-11-10-12-18(2)23(17)25-19(3)22(20-13-6-4-7-14-20)24(26)21-15-8-5-9-16-21/h4-16,24-26H,1-3H3/b22-19-. The highest BCUT2D eigenvalue weighted by atomic mass is 16.3. The highest BCUT2D eigenvalue weighted by molar-refractivity contribution is 5.76. The van der Waals surface area contributed by atoms with Crippen LogP contribution in [0.2, 0.25) is 0 Å². The largest absolute Gasteiger partial charge is 0.384 e. The highest BCUT2D eigenvalue weighted by Gasteiger charge is 2.18. The minimum atomic E-state index is -0.699. The van der Waals surface area contributed by atoms with Crippen LogP contribution >= 0.6 is 0 Å². The van der Waals surface area contributed by atoms with Gasteiger partial charge in [-0.15, -0.1) is 0 Å². The van der Waals surface area contributed by atoms with Crippen molar-refractivity contribution in [1.82, 2.24) is 0 Å². The summed E-state index contributed by atoms with van der Waals surface area (Å²) in [6, 6.07) is 26.1. The molecule has 3 rings (SSSR count). The van der Waals surface area contributed by atoms with E-state index in [1.807, 2.05) is 67.6 Å². The smallest absolute Gasteiger partial charge is 0.106 e. The molecule has 0 saturated heterocycles. The summed E-state index contributed by atoms with van der Waals surface area (Å²) in [6.45, 7) is 6.22. The fraction of sp³-hybridized carbons (Fsp3) is 0.167. The molecule has 0 heterocycles. The number of aliphatic hydroxyl groups is 1. The molecule has 26 heavy (non-hydrogen) atoms. The Morgan fingerprint density at radius 2 is 1.31 bits per heavy atom. The number of aliphatic hydroxyl groups excluding tert-OH is 1. The van der Waals surface area contributed by atoms with Gasteiger partial charge in [0.15, 0.2) is 0 Å². The maximum absolute atomic E-state index is 11.1. The Labute approximate surface area is 155 Å². The van der Waals surface area contributed by atoms with E-state index >= 15 is 0 Å². The summed E-state index contributed by atoms with van der Waals surface area (Å²) in [5.74, 6) is 0. The van der Waals surface area contributed by atoms with Crippen molar-refractivity contribution in [2.45, 2.75) is 26.9 Å². The molecule has 0 saturated carbocycles. The van der Waals surface area contributed by atoms with E-state index in [0.29, 0.717) is 0 Å². The van der Waals surface area contributed by atoms with Gasteiger partial charge in [-0.1, -0.05) is 78.9 Å². The zero-order valence-corrected chi connectivity index (χ0v) is 15.5. The maximum Gasteiger partial charge on any atom is 0.106 e. The predicted molar refractivity (Wildman–Crippen MR) is 110 cm³/mol. The van der Waals surface area contributed by atoms with E-state index in [2.05, 4.69) is 37.4 Å². The van der Waals surface area contributed by atoms with E-state index in [9.17, 15) is 5.11 Å². The van der Waals surface area contributed by atoms with Crippen molar-refractivity contribution in [3.63, 3.8) is 0 Å². The second-order valence-electron chi connectivity index (χ2n) is 6.61. The Bertz CT molecular complexity index is 878. The molecule has 0 fully saturated rings. The third kappa shape index (κ3) is 3.87. The molecule has 0 bridgehead atoms. The van der Waals surface area contributed by atoms with Crippen LogP contribution in [-0.4, -0.2) is 5.11 Å². The number of hydrogen-bond acceptors (Lipinski definition) is 2. The molecule has 2 N–H and O–H groups in total. The van der Waals surface area contributed by atoms with Gasteiger partial charge in [-0.2, -0.15) is 0 Å². The zero-order valence-electron chi connectivity index (χ0n) is 15.5. The van der Waals surface area contributed by atoms with E-state index in [-0.39, 0.29) is 0 Å². The summed E-state index contributed by atoms with van der Waals surface area (Å²) in [5.41, 5.74) is 7.20. The van der Waals surface area contributed by atoms with Crippen molar-refractivity contribution in [3.05, 3.63) is 107 Å². The number of rotatable bonds is 5. The number of anilines is 1. The second kappa shape index (κ2) is 8.03. The van der Waals surface area contributed by atoms with Crippen LogP contribution in [0.1, 0.15) is 35.3 Å². The molecule has 1 unspecified atom stereocenters. The lowest BCUT2D eigenvalue weighted by atomic mass is 9.93. The number of benzene rings is 3. The topological polar surface area (TPSA) is 32.3 Å². The normalized spacial score (nSPS) is 13.1. The average molecular weight is 343 g/mol. The van der Waals surface area contributed by atoms with E-state index < -0.39 is 6.10 Å². The van der Waals surface area contributed by atoms with Gasteiger partial charge in [0.1, 0.15) is 6.10 Å². The molecule has 1 atom stereocenters. The van der Waals surface area contributed by atoms with Crippen LogP contribution in [0.25, 0.3) is 5.57 Å². The first-order chi connectivity index (χ1) is 12.6. The molecule has 0 aliphatic rings. The van der Waals surface area contributed by atoms with Gasteiger partial charge >= 0.3 is 0 Å². The van der Waals surface area contributed by atoms with Gasteiger partial charge in [0.05, 0.1) is 0 Å². The van der Waals surface area contributed by atoms with Crippen molar-refractivity contribution >= 4 is 11.3 Å². The van der Waals surface area contributed by atoms with Gasteiger partial charge in [-0.05, 0) is 43.0 Å². The predicted octanol–water partition coefficient (Wildman–Crippen LogP) is 5.88. The number of allylic oxidation sites excluding steroid dienone is 1. The van der Waals surface area contributed by atoms with Crippen molar-refractivity contribution in [2.24, 2.45) is 0 Å². The summed E-state index contributed by atoms with van der Waals surface area (Å²) in [7, 11) is 0. The van der Waals surface area contributed by atoms with Crippen LogP contribution in [0.3, 0.4) is 0 Å². The van der Waals surface area contributed by atoms with Crippen molar-refractivity contribution in [2.75, 3.05) is 5.32 Å². The van der Waals surface area contributed by atoms with Gasteiger partial charge in [0.2, 0.25) is 0 Å². The van der Waals surface area contributed by atoms with Crippen LogP contribution in [0.5, 0.6) is 0 Å². The Morgan fingerprint density at radius 3 is 1.88 bits per heavy atom. The Morgan fingerprint density at radius 1 is 0.769 bits per heavy atom. The van der Waals surface area contributed by atoms with Crippen molar-refractivity contribution < 1.29 is 5.11 Å². The number of nitrogens with one attached hydrogen (secondary N) is 1. The monoisotopic (exact) mass is 343 g/mol. The summed E-state index contributed by atoms with van der Waals surface area (Å²) < 4.78 is 0. The van der Waals surface area contributed by atoms with Crippen LogP contribution in [-0.2, 0) is 0 Å². The molecule has 3 aromatic carbocycles. The summed E-state index contributed by atoms with van der Waals surface area (Å²) >= 11 is 0. The zero-order chi connectivity index (χ0) is 18.5. The first-order valence-electron chi connectivity index (χ1n) is 8.90. The Kier molecular flexibility index (Phi) is 5.55. The molecule has 0 spiro atoms. The minimum Gasteiger partial charge on any atom is -0.384 e. The molecule has 0 aliphatic heterocycles. The summed E-state index contributed by atoms with van der Waals surface area (Å²) in [5, 5.41) is 14.7. The van der Waals surface area contributed by atoms with E-state index in [1.165, 1.54) is 11.1 Å².